The maximum atomic E-state index is 12.2. The Morgan fingerprint density at radius 2 is 2.12 bits per heavy atom. The van der Waals surface area contributed by atoms with Gasteiger partial charge in [-0.15, -0.1) is 0 Å². The molecule has 86 valence electrons. The molecule has 3 aliphatic rings. The van der Waals surface area contributed by atoms with Crippen LogP contribution in [0.1, 0.15) is 19.3 Å². The first-order valence-corrected chi connectivity index (χ1v) is 6.11. The highest BCUT2D eigenvalue weighted by atomic mass is 16.5. The minimum Gasteiger partial charge on any atom is -0.360 e. The van der Waals surface area contributed by atoms with Crippen LogP contribution in [0.4, 0.5) is 0 Å². The number of hydrogen-bond acceptors (Lipinski definition) is 3. The summed E-state index contributed by atoms with van der Waals surface area (Å²) in [5.41, 5.74) is 0. The average molecular weight is 220 g/mol. The second-order valence-electron chi connectivity index (χ2n) is 5.06. The molecule has 0 radical (unpaired) electrons. The third kappa shape index (κ3) is 1.51. The Bertz CT molecular complexity index is 339. The number of nitriles is 1. The topological polar surface area (TPSA) is 53.3 Å². The molecule has 0 bridgehead atoms. The summed E-state index contributed by atoms with van der Waals surface area (Å²) in [6, 6.07) is 2.08. The number of hydrogen-bond donors (Lipinski definition) is 0. The van der Waals surface area contributed by atoms with E-state index in [1.807, 2.05) is 4.90 Å². The van der Waals surface area contributed by atoms with Crippen LogP contribution in [-0.4, -0.2) is 36.6 Å². The lowest BCUT2D eigenvalue weighted by Gasteiger charge is -2.30. The number of carbonyl (C=O) groups is 1. The van der Waals surface area contributed by atoms with Crippen LogP contribution in [0.2, 0.25) is 0 Å². The van der Waals surface area contributed by atoms with Gasteiger partial charge in [-0.05, 0) is 24.7 Å². The van der Waals surface area contributed by atoms with E-state index in [-0.39, 0.29) is 11.8 Å². The Kier molecular flexibility index (Phi) is 2.36. The Morgan fingerprint density at radius 3 is 2.81 bits per heavy atom. The van der Waals surface area contributed by atoms with E-state index in [0.717, 1.165) is 0 Å². The molecular weight excluding hydrogens is 204 g/mol. The fraction of sp³-hybridized carbons (Fsp3) is 0.833. The third-order valence-electron chi connectivity index (χ3n) is 4.21. The number of rotatable bonds is 1. The zero-order valence-corrected chi connectivity index (χ0v) is 9.26. The predicted molar refractivity (Wildman–Crippen MR) is 56.3 cm³/mol. The lowest BCUT2D eigenvalue weighted by molar-refractivity contribution is -0.139. The highest BCUT2D eigenvalue weighted by Gasteiger charge is 2.57. The van der Waals surface area contributed by atoms with Gasteiger partial charge >= 0.3 is 0 Å². The van der Waals surface area contributed by atoms with Gasteiger partial charge in [0, 0.05) is 12.5 Å². The lowest BCUT2D eigenvalue weighted by atomic mass is 10.1. The Labute approximate surface area is 95.2 Å². The molecule has 0 aromatic carbocycles. The van der Waals surface area contributed by atoms with Crippen molar-refractivity contribution in [3.63, 3.8) is 0 Å². The molecule has 3 unspecified atom stereocenters. The van der Waals surface area contributed by atoms with Crippen molar-refractivity contribution in [3.05, 3.63) is 0 Å². The van der Waals surface area contributed by atoms with Gasteiger partial charge in [-0.3, -0.25) is 4.79 Å². The summed E-state index contributed by atoms with van der Waals surface area (Å²) in [5, 5.41) is 8.79. The smallest absolute Gasteiger partial charge is 0.226 e. The first-order valence-electron chi connectivity index (χ1n) is 6.11. The van der Waals surface area contributed by atoms with Crippen LogP contribution in [0.3, 0.4) is 0 Å². The summed E-state index contributed by atoms with van der Waals surface area (Å²) < 4.78 is 5.25. The highest BCUT2D eigenvalue weighted by molar-refractivity contribution is 5.82. The van der Waals surface area contributed by atoms with E-state index in [0.29, 0.717) is 31.5 Å². The molecule has 0 aromatic heterocycles. The summed E-state index contributed by atoms with van der Waals surface area (Å²) in [6.45, 7) is 1.63. The first kappa shape index (κ1) is 10.1. The molecule has 4 nitrogen and oxygen atoms in total. The zero-order valence-electron chi connectivity index (χ0n) is 9.26. The van der Waals surface area contributed by atoms with Gasteiger partial charge in [0.25, 0.3) is 0 Å². The van der Waals surface area contributed by atoms with Crippen molar-refractivity contribution in [1.29, 1.82) is 5.26 Å². The van der Waals surface area contributed by atoms with E-state index in [1.165, 1.54) is 19.3 Å². The van der Waals surface area contributed by atoms with E-state index in [4.69, 9.17) is 10.00 Å². The Morgan fingerprint density at radius 1 is 1.38 bits per heavy atom. The summed E-state index contributed by atoms with van der Waals surface area (Å²) >= 11 is 0. The molecule has 2 aliphatic carbocycles. The Hall–Kier alpha value is -1.08. The number of ether oxygens (including phenoxy) is 1. The minimum atomic E-state index is -0.420. The van der Waals surface area contributed by atoms with Crippen LogP contribution in [-0.2, 0) is 9.53 Å². The van der Waals surface area contributed by atoms with Crippen LogP contribution in [0, 0.1) is 29.1 Å². The summed E-state index contributed by atoms with van der Waals surface area (Å²) in [4.78, 5) is 14.0. The molecule has 2 saturated carbocycles. The van der Waals surface area contributed by atoms with Gasteiger partial charge in [0.05, 0.1) is 19.2 Å². The number of nitrogens with zero attached hydrogens (tertiary/aromatic N) is 2. The van der Waals surface area contributed by atoms with E-state index in [9.17, 15) is 4.79 Å². The van der Waals surface area contributed by atoms with Crippen molar-refractivity contribution in [2.75, 3.05) is 19.7 Å². The second-order valence-corrected chi connectivity index (χ2v) is 5.06. The average Bonchev–Trinajstić information content (AvgIpc) is 2.81. The van der Waals surface area contributed by atoms with Gasteiger partial charge in [-0.1, -0.05) is 6.42 Å². The van der Waals surface area contributed by atoms with Crippen molar-refractivity contribution in [3.8, 4) is 6.07 Å². The van der Waals surface area contributed by atoms with Crippen molar-refractivity contribution in [2.45, 2.75) is 25.4 Å². The normalized spacial score (nSPS) is 41.3. The van der Waals surface area contributed by atoms with Crippen LogP contribution < -0.4 is 0 Å². The molecule has 0 N–H and O–H groups in total. The van der Waals surface area contributed by atoms with Crippen LogP contribution in [0.5, 0.6) is 0 Å². The van der Waals surface area contributed by atoms with Gasteiger partial charge in [-0.2, -0.15) is 5.26 Å². The monoisotopic (exact) mass is 220 g/mol. The molecule has 0 aromatic rings. The number of amides is 1. The van der Waals surface area contributed by atoms with Crippen LogP contribution in [0.25, 0.3) is 0 Å². The minimum absolute atomic E-state index is 0.276. The molecule has 1 heterocycles. The fourth-order valence-corrected chi connectivity index (χ4v) is 3.33. The van der Waals surface area contributed by atoms with Crippen LogP contribution in [0.15, 0.2) is 0 Å². The lowest BCUT2D eigenvalue weighted by Crippen LogP contribution is -2.46. The number of morpholine rings is 1. The Balaban J connectivity index is 1.61. The maximum Gasteiger partial charge on any atom is 0.226 e. The van der Waals surface area contributed by atoms with Gasteiger partial charge < -0.3 is 9.64 Å². The van der Waals surface area contributed by atoms with E-state index < -0.39 is 6.10 Å². The van der Waals surface area contributed by atoms with Crippen molar-refractivity contribution in [2.24, 2.45) is 17.8 Å². The molecule has 3 atom stereocenters. The molecule has 1 saturated heterocycles. The molecular formula is C12H16N2O2. The summed E-state index contributed by atoms with van der Waals surface area (Å²) in [5.74, 6) is 1.89. The standard InChI is InChI=1S/C12H16N2O2/c13-6-8-7-14(4-5-16-8)12(15)11-9-2-1-3-10(9)11/h8-11H,1-5,7H2. The van der Waals surface area contributed by atoms with Gasteiger partial charge in [0.2, 0.25) is 5.91 Å². The van der Waals surface area contributed by atoms with E-state index >= 15 is 0 Å². The number of fused-ring (bicyclic) bond motifs is 1. The molecule has 16 heavy (non-hydrogen) atoms. The van der Waals surface area contributed by atoms with E-state index in [2.05, 4.69) is 6.07 Å². The maximum absolute atomic E-state index is 12.2. The third-order valence-corrected chi connectivity index (χ3v) is 4.21. The largest absolute Gasteiger partial charge is 0.360 e. The highest BCUT2D eigenvalue weighted by Crippen LogP contribution is 2.58. The van der Waals surface area contributed by atoms with Gasteiger partial charge in [-0.25, -0.2) is 0 Å². The van der Waals surface area contributed by atoms with Crippen molar-refractivity contribution < 1.29 is 9.53 Å². The summed E-state index contributed by atoms with van der Waals surface area (Å²) in [7, 11) is 0. The van der Waals surface area contributed by atoms with E-state index in [1.54, 1.807) is 0 Å². The van der Waals surface area contributed by atoms with Gasteiger partial charge in [0.1, 0.15) is 0 Å². The zero-order chi connectivity index (χ0) is 11.1. The molecule has 1 aliphatic heterocycles. The molecule has 4 heteroatoms. The van der Waals surface area contributed by atoms with Crippen LogP contribution >= 0.6 is 0 Å². The van der Waals surface area contributed by atoms with Crippen molar-refractivity contribution >= 4 is 5.91 Å². The molecule has 3 fully saturated rings. The summed E-state index contributed by atoms with van der Waals surface area (Å²) in [6.07, 6.45) is 3.33. The fourth-order valence-electron chi connectivity index (χ4n) is 3.33. The quantitative estimate of drug-likeness (QED) is 0.656. The molecule has 3 rings (SSSR count). The SMILES string of the molecule is N#CC1CN(C(=O)C2C3CCCC32)CCO1. The number of carbonyl (C=O) groups excluding carboxylic acids is 1. The van der Waals surface area contributed by atoms with Crippen molar-refractivity contribution in [1.82, 2.24) is 4.90 Å². The second kappa shape index (κ2) is 3.74. The molecule has 1 amide bonds. The molecule has 0 spiro atoms. The predicted octanol–water partition coefficient (Wildman–Crippen LogP) is 0.783. The van der Waals surface area contributed by atoms with Gasteiger partial charge in [0.15, 0.2) is 6.10 Å². The first-order chi connectivity index (χ1) is 7.81.